The zero-order valence-corrected chi connectivity index (χ0v) is 26.5. The van der Waals surface area contributed by atoms with Gasteiger partial charge in [-0.3, -0.25) is 0 Å². The van der Waals surface area contributed by atoms with Gasteiger partial charge in [-0.1, -0.05) is 121 Å². The molecule has 0 N–H and O–H groups in total. The van der Waals surface area contributed by atoms with Crippen molar-refractivity contribution in [2.75, 3.05) is 0 Å². The third kappa shape index (κ3) is 4.87. The fourth-order valence-corrected chi connectivity index (χ4v) is 6.98. The standard InChI is InChI=1S/C45H27N3OS/c1-2-11-28(12-3-1)29-13-8-14-30(25-29)31-15-9-16-32(26-31)43-46-44(33-23-24-35-34-17-4-6-20-38(34)49-39(35)27-33)48-45(47-43)37-19-10-22-41-42(37)36-18-5-7-21-40(36)50-41/h1-27H/i4D,5D,6D,7D,10D,17D,18D,19D,20D,21D,22D,23D,24D,27D. The molecule has 5 heteroatoms. The molecule has 0 saturated heterocycles. The van der Waals surface area contributed by atoms with Gasteiger partial charge in [-0.05, 0) is 64.6 Å². The lowest BCUT2D eigenvalue weighted by Crippen LogP contribution is -2.00. The lowest BCUT2D eigenvalue weighted by atomic mass is 9.98. The van der Waals surface area contributed by atoms with Gasteiger partial charge in [0.25, 0.3) is 0 Å². The van der Waals surface area contributed by atoms with Crippen LogP contribution in [0.4, 0.5) is 0 Å². The zero-order valence-electron chi connectivity index (χ0n) is 39.7. The summed E-state index contributed by atoms with van der Waals surface area (Å²) in [4.78, 5) is 14.3. The molecule has 10 rings (SSSR count). The Labute approximate surface area is 311 Å². The molecule has 0 atom stereocenters. The van der Waals surface area contributed by atoms with Crippen molar-refractivity contribution in [1.82, 2.24) is 15.0 Å². The molecule has 4 nitrogen and oxygen atoms in total. The Kier molecular flexibility index (Phi) is 4.14. The van der Waals surface area contributed by atoms with Crippen molar-refractivity contribution < 1.29 is 23.6 Å². The first-order valence-corrected chi connectivity index (χ1v) is 16.3. The van der Waals surface area contributed by atoms with Gasteiger partial charge in [0.2, 0.25) is 0 Å². The Hall–Kier alpha value is -6.43. The highest BCUT2D eigenvalue weighted by molar-refractivity contribution is 7.25. The van der Waals surface area contributed by atoms with Crippen LogP contribution < -0.4 is 0 Å². The number of hydrogen-bond acceptors (Lipinski definition) is 5. The minimum absolute atomic E-state index is 0.00812. The van der Waals surface area contributed by atoms with E-state index < -0.39 is 72.5 Å². The average molecular weight is 672 g/mol. The Morgan fingerprint density at radius 1 is 0.460 bits per heavy atom. The molecule has 0 unspecified atom stereocenters. The lowest BCUT2D eigenvalue weighted by molar-refractivity contribution is 0.669. The molecule has 0 saturated carbocycles. The number of para-hydroxylation sites is 1. The van der Waals surface area contributed by atoms with Crippen LogP contribution >= 0.6 is 11.3 Å². The monoisotopic (exact) mass is 671 g/mol. The second-order valence-electron chi connectivity index (χ2n) is 11.4. The van der Waals surface area contributed by atoms with Crippen molar-refractivity contribution in [3.05, 3.63) is 163 Å². The van der Waals surface area contributed by atoms with Crippen LogP contribution in [-0.4, -0.2) is 15.0 Å². The number of rotatable bonds is 5. The summed E-state index contributed by atoms with van der Waals surface area (Å²) >= 11 is 0.871. The van der Waals surface area contributed by atoms with Crippen LogP contribution in [-0.2, 0) is 0 Å². The predicted molar refractivity (Wildman–Crippen MR) is 207 cm³/mol. The van der Waals surface area contributed by atoms with Crippen LogP contribution in [0.3, 0.4) is 0 Å². The van der Waals surface area contributed by atoms with Crippen molar-refractivity contribution in [1.29, 1.82) is 0 Å². The van der Waals surface area contributed by atoms with Crippen LogP contribution in [0, 0.1) is 0 Å². The van der Waals surface area contributed by atoms with Gasteiger partial charge in [0.05, 0.1) is 19.2 Å². The number of aromatic nitrogens is 3. The molecule has 3 heterocycles. The summed E-state index contributed by atoms with van der Waals surface area (Å²) in [6.07, 6.45) is 0. The highest BCUT2D eigenvalue weighted by Crippen LogP contribution is 2.40. The Morgan fingerprint density at radius 3 is 1.92 bits per heavy atom. The first-order chi connectivity index (χ1) is 30.6. The number of hydrogen-bond donors (Lipinski definition) is 0. The van der Waals surface area contributed by atoms with Crippen molar-refractivity contribution in [2.45, 2.75) is 0 Å². The number of benzene rings is 7. The van der Waals surface area contributed by atoms with Gasteiger partial charge in [0.1, 0.15) is 11.2 Å². The van der Waals surface area contributed by atoms with Crippen molar-refractivity contribution in [3.8, 4) is 56.4 Å². The van der Waals surface area contributed by atoms with E-state index in [1.165, 1.54) is 0 Å². The smallest absolute Gasteiger partial charge is 0.164 e. The highest BCUT2D eigenvalue weighted by Gasteiger charge is 2.18. The zero-order chi connectivity index (χ0) is 45.2. The lowest BCUT2D eigenvalue weighted by Gasteiger charge is -2.11. The summed E-state index contributed by atoms with van der Waals surface area (Å²) in [6.45, 7) is 0. The number of nitrogens with zero attached hydrogens (tertiary/aromatic N) is 3. The topological polar surface area (TPSA) is 51.8 Å². The Bertz CT molecular complexity index is 3690. The van der Waals surface area contributed by atoms with Crippen LogP contribution in [0.2, 0.25) is 0 Å². The van der Waals surface area contributed by atoms with E-state index in [1.807, 2.05) is 66.7 Å². The molecule has 0 bridgehead atoms. The summed E-state index contributed by atoms with van der Waals surface area (Å²) in [5, 5.41) is -0.328. The fraction of sp³-hybridized carbons (Fsp3) is 0. The summed E-state index contributed by atoms with van der Waals surface area (Å²) in [5.41, 5.74) is 2.86. The first-order valence-electron chi connectivity index (χ1n) is 22.5. The second kappa shape index (κ2) is 11.6. The number of fused-ring (bicyclic) bond motifs is 6. The molecule has 0 radical (unpaired) electrons. The maximum absolute atomic E-state index is 9.41. The van der Waals surface area contributed by atoms with Gasteiger partial charge in [-0.15, -0.1) is 11.3 Å². The largest absolute Gasteiger partial charge is 0.456 e. The van der Waals surface area contributed by atoms with Crippen LogP contribution in [0.5, 0.6) is 0 Å². The number of thiophene rings is 1. The minimum Gasteiger partial charge on any atom is -0.456 e. The van der Waals surface area contributed by atoms with E-state index in [4.69, 9.17) is 34.4 Å². The predicted octanol–water partition coefficient (Wildman–Crippen LogP) is 12.5. The van der Waals surface area contributed by atoms with Gasteiger partial charge < -0.3 is 4.42 Å². The van der Waals surface area contributed by atoms with E-state index in [0.29, 0.717) is 5.56 Å². The van der Waals surface area contributed by atoms with Gasteiger partial charge in [-0.25, -0.2) is 15.0 Å². The molecular weight excluding hydrogens is 631 g/mol. The van der Waals surface area contributed by atoms with Crippen molar-refractivity contribution in [2.24, 2.45) is 0 Å². The fourth-order valence-electron chi connectivity index (χ4n) is 6.01. The highest BCUT2D eigenvalue weighted by atomic mass is 32.1. The molecule has 3 aromatic heterocycles. The van der Waals surface area contributed by atoms with E-state index in [-0.39, 0.29) is 82.8 Å². The maximum atomic E-state index is 9.41. The Morgan fingerprint density at radius 2 is 1.08 bits per heavy atom. The van der Waals surface area contributed by atoms with Crippen LogP contribution in [0.15, 0.2) is 168 Å². The van der Waals surface area contributed by atoms with Crippen LogP contribution in [0.25, 0.3) is 98.5 Å². The third-order valence-corrected chi connectivity index (χ3v) is 9.36. The Balaban J connectivity index is 1.29. The van der Waals surface area contributed by atoms with Gasteiger partial charge in [-0.2, -0.15) is 0 Å². The molecule has 0 aliphatic rings. The third-order valence-electron chi connectivity index (χ3n) is 8.34. The van der Waals surface area contributed by atoms with Gasteiger partial charge >= 0.3 is 0 Å². The first kappa shape index (κ1) is 17.8. The minimum atomic E-state index is -0.587. The van der Waals surface area contributed by atoms with Gasteiger partial charge in [0, 0.05) is 47.6 Å². The van der Waals surface area contributed by atoms with Gasteiger partial charge in [0.15, 0.2) is 17.5 Å². The molecule has 7 aromatic carbocycles. The normalized spacial score (nSPS) is 15.5. The van der Waals surface area contributed by atoms with Crippen molar-refractivity contribution >= 4 is 53.4 Å². The molecule has 0 amide bonds. The van der Waals surface area contributed by atoms with E-state index in [1.54, 1.807) is 12.1 Å². The molecule has 10 aromatic rings. The molecule has 0 fully saturated rings. The summed E-state index contributed by atoms with van der Waals surface area (Å²) < 4.78 is 129. The van der Waals surface area contributed by atoms with Crippen LogP contribution in [0.1, 0.15) is 19.2 Å². The molecular formula is C45H27N3OS. The summed E-state index contributed by atoms with van der Waals surface area (Å²) in [7, 11) is 0. The molecule has 234 valence electrons. The molecule has 0 aliphatic heterocycles. The van der Waals surface area contributed by atoms with E-state index in [0.717, 1.165) is 33.6 Å². The molecule has 0 aliphatic carbocycles. The summed E-state index contributed by atoms with van der Waals surface area (Å²) in [5.74, 6) is -0.676. The number of furan rings is 1. The SMILES string of the molecule is [2H]c1c([2H])c([2H])c2c(oc3c([2H])c(-c4nc(-c5cccc(-c6cccc(-c7ccccc7)c6)c5)nc(-c5c([2H])c([2H])c([2H])c6sc7c([2H])c([2H])c([2H])c([2H])c7c56)n4)c([2H])c([2H])c32)c1[2H]. The molecule has 0 spiro atoms. The maximum Gasteiger partial charge on any atom is 0.164 e. The second-order valence-corrected chi connectivity index (χ2v) is 12.4. The molecule has 50 heavy (non-hydrogen) atoms. The quantitative estimate of drug-likeness (QED) is 0.183. The van der Waals surface area contributed by atoms with E-state index in [2.05, 4.69) is 0 Å². The van der Waals surface area contributed by atoms with Crippen molar-refractivity contribution in [3.63, 3.8) is 0 Å². The van der Waals surface area contributed by atoms with E-state index >= 15 is 0 Å². The average Bonchev–Trinajstić information content (AvgIpc) is 3.92. The summed E-state index contributed by atoms with van der Waals surface area (Å²) in [6, 6.07) is 17.8. The van der Waals surface area contributed by atoms with E-state index in [9.17, 15) is 4.11 Å².